The molecule has 126 valence electrons. The molecule has 3 nitrogen and oxygen atoms in total. The highest BCUT2D eigenvalue weighted by Gasteiger charge is 2.39. The Balaban J connectivity index is 2.71. The Morgan fingerprint density at radius 2 is 1.73 bits per heavy atom. The third-order valence-electron chi connectivity index (χ3n) is 4.61. The molecule has 0 bridgehead atoms. The van der Waals surface area contributed by atoms with Crippen molar-refractivity contribution < 1.29 is 14.6 Å². The standard InChI is InChI=1S/C18H32O3Si/c1-18(2,3)22(4,5)21-17(13-16(20)14-19)12-11-15-9-7-6-8-10-15/h6-10,16-17,19-20H,11-14H2,1-5H3/t16-,17+/m0/s1. The van der Waals surface area contributed by atoms with Crippen LogP contribution < -0.4 is 0 Å². The first-order valence-electron chi connectivity index (χ1n) is 8.16. The summed E-state index contributed by atoms with van der Waals surface area (Å²) in [6, 6.07) is 10.3. The molecule has 0 unspecified atom stereocenters. The summed E-state index contributed by atoms with van der Waals surface area (Å²) in [5, 5.41) is 19.1. The molecular formula is C18H32O3Si. The third-order valence-corrected chi connectivity index (χ3v) is 9.15. The van der Waals surface area contributed by atoms with E-state index in [2.05, 4.69) is 46.0 Å². The van der Waals surface area contributed by atoms with Crippen LogP contribution in [-0.2, 0) is 10.8 Å². The fourth-order valence-corrected chi connectivity index (χ4v) is 3.57. The summed E-state index contributed by atoms with van der Waals surface area (Å²) in [7, 11) is -1.88. The summed E-state index contributed by atoms with van der Waals surface area (Å²) in [6.07, 6.45) is 1.58. The van der Waals surface area contributed by atoms with Crippen molar-refractivity contribution in [1.29, 1.82) is 0 Å². The van der Waals surface area contributed by atoms with Gasteiger partial charge in [-0.25, -0.2) is 0 Å². The van der Waals surface area contributed by atoms with Gasteiger partial charge in [0.1, 0.15) is 0 Å². The van der Waals surface area contributed by atoms with Gasteiger partial charge in [-0.15, -0.1) is 0 Å². The Kier molecular flexibility index (Phi) is 7.26. The van der Waals surface area contributed by atoms with E-state index in [1.807, 2.05) is 18.2 Å². The molecule has 0 aliphatic carbocycles. The first-order valence-corrected chi connectivity index (χ1v) is 11.1. The molecule has 0 spiro atoms. The second-order valence-corrected chi connectivity index (χ2v) is 12.4. The van der Waals surface area contributed by atoms with Crippen LogP contribution in [0.4, 0.5) is 0 Å². The predicted octanol–water partition coefficient (Wildman–Crippen LogP) is 3.75. The van der Waals surface area contributed by atoms with Crippen molar-refractivity contribution in [3.63, 3.8) is 0 Å². The van der Waals surface area contributed by atoms with Crippen LogP contribution >= 0.6 is 0 Å². The monoisotopic (exact) mass is 324 g/mol. The number of aryl methyl sites for hydroxylation is 1. The highest BCUT2D eigenvalue weighted by molar-refractivity contribution is 6.74. The molecule has 0 saturated carbocycles. The van der Waals surface area contributed by atoms with E-state index in [0.29, 0.717) is 6.42 Å². The van der Waals surface area contributed by atoms with Gasteiger partial charge in [-0.05, 0) is 36.5 Å². The minimum Gasteiger partial charge on any atom is -0.414 e. The summed E-state index contributed by atoms with van der Waals surface area (Å²) < 4.78 is 6.46. The molecule has 1 aromatic rings. The van der Waals surface area contributed by atoms with E-state index in [0.717, 1.165) is 12.8 Å². The lowest BCUT2D eigenvalue weighted by molar-refractivity contribution is 0.0430. The summed E-state index contributed by atoms with van der Waals surface area (Å²) >= 11 is 0. The molecule has 0 amide bonds. The number of hydrogen-bond acceptors (Lipinski definition) is 3. The molecule has 0 radical (unpaired) electrons. The second kappa shape index (κ2) is 8.25. The molecule has 22 heavy (non-hydrogen) atoms. The molecule has 2 N–H and O–H groups in total. The van der Waals surface area contributed by atoms with Gasteiger partial charge >= 0.3 is 0 Å². The minimum absolute atomic E-state index is 0.0109. The first-order chi connectivity index (χ1) is 10.2. The fraction of sp³-hybridized carbons (Fsp3) is 0.667. The highest BCUT2D eigenvalue weighted by Crippen LogP contribution is 2.38. The lowest BCUT2D eigenvalue weighted by Gasteiger charge is -2.39. The van der Waals surface area contributed by atoms with Gasteiger partial charge in [-0.3, -0.25) is 0 Å². The average molecular weight is 325 g/mol. The fourth-order valence-electron chi connectivity index (χ4n) is 2.17. The van der Waals surface area contributed by atoms with Crippen LogP contribution in [-0.4, -0.2) is 37.3 Å². The van der Waals surface area contributed by atoms with E-state index >= 15 is 0 Å². The van der Waals surface area contributed by atoms with Gasteiger partial charge in [0.25, 0.3) is 0 Å². The van der Waals surface area contributed by atoms with E-state index in [-0.39, 0.29) is 17.7 Å². The molecule has 0 aliphatic heterocycles. The topological polar surface area (TPSA) is 49.7 Å². The van der Waals surface area contributed by atoms with Crippen LogP contribution in [0.25, 0.3) is 0 Å². The summed E-state index contributed by atoms with van der Waals surface area (Å²) in [5.74, 6) is 0. The lowest BCUT2D eigenvalue weighted by Crippen LogP contribution is -2.45. The number of hydrogen-bond donors (Lipinski definition) is 2. The zero-order valence-corrected chi connectivity index (χ0v) is 15.7. The number of rotatable bonds is 8. The molecule has 1 rings (SSSR count). The average Bonchev–Trinajstić information content (AvgIpc) is 2.44. The molecule has 4 heteroatoms. The number of aliphatic hydroxyl groups is 2. The Morgan fingerprint density at radius 1 is 1.14 bits per heavy atom. The minimum atomic E-state index is -1.88. The maximum absolute atomic E-state index is 9.81. The second-order valence-electron chi connectivity index (χ2n) is 7.60. The van der Waals surface area contributed by atoms with Crippen LogP contribution in [0.2, 0.25) is 18.1 Å². The van der Waals surface area contributed by atoms with E-state index in [1.165, 1.54) is 5.56 Å². The van der Waals surface area contributed by atoms with Crippen LogP contribution in [0.5, 0.6) is 0 Å². The van der Waals surface area contributed by atoms with Crippen molar-refractivity contribution in [2.24, 2.45) is 0 Å². The van der Waals surface area contributed by atoms with Gasteiger partial charge in [0.05, 0.1) is 12.7 Å². The van der Waals surface area contributed by atoms with Crippen LogP contribution in [0.15, 0.2) is 30.3 Å². The molecule has 0 saturated heterocycles. The third kappa shape index (κ3) is 6.21. The van der Waals surface area contributed by atoms with Crippen LogP contribution in [0.1, 0.15) is 39.2 Å². The highest BCUT2D eigenvalue weighted by atomic mass is 28.4. The predicted molar refractivity (Wildman–Crippen MR) is 94.5 cm³/mol. The molecule has 0 fully saturated rings. The zero-order chi connectivity index (χ0) is 16.8. The quantitative estimate of drug-likeness (QED) is 0.716. The van der Waals surface area contributed by atoms with Crippen molar-refractivity contribution >= 4 is 8.32 Å². The lowest BCUT2D eigenvalue weighted by atomic mass is 10.0. The van der Waals surface area contributed by atoms with E-state index in [4.69, 9.17) is 9.53 Å². The normalized spacial score (nSPS) is 15.6. The maximum atomic E-state index is 9.81. The van der Waals surface area contributed by atoms with E-state index in [9.17, 15) is 5.11 Å². The Hall–Kier alpha value is -0.683. The summed E-state index contributed by atoms with van der Waals surface area (Å²) in [4.78, 5) is 0. The zero-order valence-electron chi connectivity index (χ0n) is 14.7. The Morgan fingerprint density at radius 3 is 2.23 bits per heavy atom. The largest absolute Gasteiger partial charge is 0.414 e. The van der Waals surface area contributed by atoms with Crippen molar-refractivity contribution in [2.45, 2.75) is 70.4 Å². The van der Waals surface area contributed by atoms with Crippen molar-refractivity contribution in [1.82, 2.24) is 0 Å². The van der Waals surface area contributed by atoms with E-state index in [1.54, 1.807) is 0 Å². The number of aliphatic hydroxyl groups excluding tert-OH is 2. The Bertz CT molecular complexity index is 426. The van der Waals surface area contributed by atoms with Gasteiger partial charge in [-0.2, -0.15) is 0 Å². The molecule has 0 aromatic heterocycles. The summed E-state index contributed by atoms with van der Waals surface area (Å²) in [5.41, 5.74) is 1.28. The smallest absolute Gasteiger partial charge is 0.192 e. The molecule has 0 aliphatic rings. The number of benzene rings is 1. The van der Waals surface area contributed by atoms with Crippen molar-refractivity contribution in [3.05, 3.63) is 35.9 Å². The molecular weight excluding hydrogens is 292 g/mol. The first kappa shape index (κ1) is 19.4. The van der Waals surface area contributed by atoms with Gasteiger partial charge in [0.2, 0.25) is 0 Å². The molecule has 2 atom stereocenters. The molecule has 1 aromatic carbocycles. The van der Waals surface area contributed by atoms with Crippen molar-refractivity contribution in [3.8, 4) is 0 Å². The van der Waals surface area contributed by atoms with Gasteiger partial charge in [-0.1, -0.05) is 51.1 Å². The molecule has 0 heterocycles. The van der Waals surface area contributed by atoms with Gasteiger partial charge < -0.3 is 14.6 Å². The Labute approximate surface area is 136 Å². The maximum Gasteiger partial charge on any atom is 0.192 e. The SMILES string of the molecule is CC(C)(C)[Si](C)(C)O[C@H](CCc1ccccc1)C[C@H](O)CO. The van der Waals surface area contributed by atoms with Gasteiger partial charge in [0, 0.05) is 12.5 Å². The van der Waals surface area contributed by atoms with Crippen molar-refractivity contribution in [2.75, 3.05) is 6.61 Å². The van der Waals surface area contributed by atoms with E-state index < -0.39 is 14.4 Å². The summed E-state index contributed by atoms with van der Waals surface area (Å²) in [6.45, 7) is 10.9. The van der Waals surface area contributed by atoms with Crippen LogP contribution in [0, 0.1) is 0 Å². The van der Waals surface area contributed by atoms with Crippen LogP contribution in [0.3, 0.4) is 0 Å². The van der Waals surface area contributed by atoms with Gasteiger partial charge in [0.15, 0.2) is 8.32 Å².